The van der Waals surface area contributed by atoms with Crippen molar-refractivity contribution >= 4 is 6.47 Å². The first-order chi connectivity index (χ1) is 9.90. The SMILES string of the molecule is O=COCCCCc1cccc2c1-c1ccccc1C2. The summed E-state index contributed by atoms with van der Waals surface area (Å²) in [6.45, 7) is 1.05. The Morgan fingerprint density at radius 2 is 1.85 bits per heavy atom. The largest absolute Gasteiger partial charge is 0.468 e. The molecule has 0 N–H and O–H groups in total. The van der Waals surface area contributed by atoms with Gasteiger partial charge in [-0.05, 0) is 53.5 Å². The number of rotatable bonds is 6. The molecule has 0 bridgehead atoms. The van der Waals surface area contributed by atoms with Crippen LogP contribution in [0.5, 0.6) is 0 Å². The number of ether oxygens (including phenoxy) is 1. The van der Waals surface area contributed by atoms with E-state index in [9.17, 15) is 4.79 Å². The van der Waals surface area contributed by atoms with Gasteiger partial charge in [-0.25, -0.2) is 0 Å². The van der Waals surface area contributed by atoms with Crippen LogP contribution in [0.25, 0.3) is 11.1 Å². The number of carbonyl (C=O) groups is 1. The summed E-state index contributed by atoms with van der Waals surface area (Å²) >= 11 is 0. The smallest absolute Gasteiger partial charge is 0.293 e. The second kappa shape index (κ2) is 5.91. The molecule has 0 heterocycles. The fourth-order valence-corrected chi connectivity index (χ4v) is 3.03. The maximum absolute atomic E-state index is 10.1. The van der Waals surface area contributed by atoms with Gasteiger partial charge in [-0.2, -0.15) is 0 Å². The lowest BCUT2D eigenvalue weighted by molar-refractivity contribution is -0.128. The quantitative estimate of drug-likeness (QED) is 0.501. The number of hydrogen-bond donors (Lipinski definition) is 0. The van der Waals surface area contributed by atoms with Crippen molar-refractivity contribution < 1.29 is 9.53 Å². The van der Waals surface area contributed by atoms with Crippen molar-refractivity contribution in [2.24, 2.45) is 0 Å². The molecule has 0 fully saturated rings. The number of fused-ring (bicyclic) bond motifs is 3. The van der Waals surface area contributed by atoms with Gasteiger partial charge in [0.25, 0.3) is 6.47 Å². The Kier molecular flexibility index (Phi) is 3.82. The van der Waals surface area contributed by atoms with Crippen LogP contribution in [-0.2, 0) is 22.4 Å². The lowest BCUT2D eigenvalue weighted by atomic mass is 9.96. The standard InChI is InChI=1S/C18H18O2/c19-13-20-11-4-3-6-14-8-5-9-16-12-15-7-1-2-10-17(15)18(14)16/h1-2,5,7-10,13H,3-4,6,11-12H2. The fourth-order valence-electron chi connectivity index (χ4n) is 3.03. The van der Waals surface area contributed by atoms with Crippen molar-refractivity contribution in [2.75, 3.05) is 6.61 Å². The summed E-state index contributed by atoms with van der Waals surface area (Å²) in [5.74, 6) is 0. The summed E-state index contributed by atoms with van der Waals surface area (Å²) in [6, 6.07) is 15.3. The maximum atomic E-state index is 10.1. The van der Waals surface area contributed by atoms with E-state index >= 15 is 0 Å². The molecule has 0 saturated carbocycles. The van der Waals surface area contributed by atoms with E-state index in [1.54, 1.807) is 0 Å². The molecule has 0 aliphatic heterocycles. The average Bonchev–Trinajstić information content (AvgIpc) is 2.86. The third-order valence-electron chi connectivity index (χ3n) is 3.93. The number of carbonyl (C=O) groups excluding carboxylic acids is 1. The van der Waals surface area contributed by atoms with Crippen molar-refractivity contribution in [1.29, 1.82) is 0 Å². The van der Waals surface area contributed by atoms with E-state index in [2.05, 4.69) is 42.5 Å². The van der Waals surface area contributed by atoms with Gasteiger partial charge in [-0.1, -0.05) is 42.5 Å². The summed E-state index contributed by atoms with van der Waals surface area (Å²) in [4.78, 5) is 10.1. The van der Waals surface area contributed by atoms with Gasteiger partial charge in [0.1, 0.15) is 0 Å². The van der Waals surface area contributed by atoms with E-state index in [0.717, 1.165) is 25.7 Å². The minimum atomic E-state index is 0.523. The first-order valence-corrected chi connectivity index (χ1v) is 7.14. The molecule has 2 aromatic carbocycles. The van der Waals surface area contributed by atoms with Crippen molar-refractivity contribution in [3.8, 4) is 11.1 Å². The van der Waals surface area contributed by atoms with Gasteiger partial charge in [0, 0.05) is 0 Å². The highest BCUT2D eigenvalue weighted by molar-refractivity contribution is 5.79. The van der Waals surface area contributed by atoms with Gasteiger partial charge in [0.05, 0.1) is 6.61 Å². The molecule has 20 heavy (non-hydrogen) atoms. The third kappa shape index (κ3) is 2.46. The third-order valence-corrected chi connectivity index (χ3v) is 3.93. The first kappa shape index (κ1) is 12.9. The predicted octanol–water partition coefficient (Wildman–Crippen LogP) is 3.75. The topological polar surface area (TPSA) is 26.3 Å². The fraction of sp³-hybridized carbons (Fsp3) is 0.278. The molecule has 2 heteroatoms. The molecule has 3 rings (SSSR count). The molecule has 0 saturated heterocycles. The van der Waals surface area contributed by atoms with Gasteiger partial charge in [0.15, 0.2) is 0 Å². The molecule has 0 aromatic heterocycles. The van der Waals surface area contributed by atoms with Gasteiger partial charge in [-0.15, -0.1) is 0 Å². The molecule has 1 aliphatic rings. The minimum absolute atomic E-state index is 0.523. The lowest BCUT2D eigenvalue weighted by Crippen LogP contribution is -1.95. The zero-order valence-electron chi connectivity index (χ0n) is 11.5. The van der Waals surface area contributed by atoms with Crippen molar-refractivity contribution in [1.82, 2.24) is 0 Å². The molecule has 102 valence electrons. The van der Waals surface area contributed by atoms with Crippen molar-refractivity contribution in [2.45, 2.75) is 25.7 Å². The minimum Gasteiger partial charge on any atom is -0.468 e. The molecular weight excluding hydrogens is 248 g/mol. The number of hydrogen-bond acceptors (Lipinski definition) is 2. The van der Waals surface area contributed by atoms with Gasteiger partial charge >= 0.3 is 0 Å². The highest BCUT2D eigenvalue weighted by Gasteiger charge is 2.20. The molecular formula is C18H18O2. The molecule has 2 nitrogen and oxygen atoms in total. The van der Waals surface area contributed by atoms with Crippen LogP contribution in [0, 0.1) is 0 Å². The van der Waals surface area contributed by atoms with Crippen LogP contribution in [0.1, 0.15) is 29.5 Å². The molecule has 0 radical (unpaired) electrons. The Labute approximate surface area is 119 Å². The van der Waals surface area contributed by atoms with E-state index in [1.165, 1.54) is 27.8 Å². The zero-order valence-corrected chi connectivity index (χ0v) is 11.5. The van der Waals surface area contributed by atoms with E-state index in [4.69, 9.17) is 4.74 Å². The monoisotopic (exact) mass is 266 g/mol. The van der Waals surface area contributed by atoms with Crippen LogP contribution in [0.15, 0.2) is 42.5 Å². The van der Waals surface area contributed by atoms with Crippen LogP contribution < -0.4 is 0 Å². The van der Waals surface area contributed by atoms with Crippen LogP contribution in [0.3, 0.4) is 0 Å². The van der Waals surface area contributed by atoms with Crippen molar-refractivity contribution in [3.63, 3.8) is 0 Å². The zero-order chi connectivity index (χ0) is 13.8. The highest BCUT2D eigenvalue weighted by Crippen LogP contribution is 2.39. The maximum Gasteiger partial charge on any atom is 0.293 e. The summed E-state index contributed by atoms with van der Waals surface area (Å²) in [7, 11) is 0. The van der Waals surface area contributed by atoms with Crippen LogP contribution >= 0.6 is 0 Å². The molecule has 0 amide bonds. The molecule has 0 unspecified atom stereocenters. The average molecular weight is 266 g/mol. The summed E-state index contributed by atoms with van der Waals surface area (Å²) < 4.78 is 4.74. The van der Waals surface area contributed by atoms with Gasteiger partial charge in [-0.3, -0.25) is 4.79 Å². The molecule has 2 aromatic rings. The number of benzene rings is 2. The van der Waals surface area contributed by atoms with Crippen molar-refractivity contribution in [3.05, 3.63) is 59.2 Å². The van der Waals surface area contributed by atoms with Gasteiger partial charge < -0.3 is 4.74 Å². The molecule has 0 atom stereocenters. The van der Waals surface area contributed by atoms with Crippen LogP contribution in [0.4, 0.5) is 0 Å². The Morgan fingerprint density at radius 3 is 2.75 bits per heavy atom. The van der Waals surface area contributed by atoms with E-state index in [0.29, 0.717) is 13.1 Å². The van der Waals surface area contributed by atoms with Gasteiger partial charge in [0.2, 0.25) is 0 Å². The second-order valence-corrected chi connectivity index (χ2v) is 5.21. The number of unbranched alkanes of at least 4 members (excludes halogenated alkanes) is 1. The Balaban J connectivity index is 1.78. The van der Waals surface area contributed by atoms with E-state index < -0.39 is 0 Å². The summed E-state index contributed by atoms with van der Waals surface area (Å²) in [6.07, 6.45) is 4.06. The Morgan fingerprint density at radius 1 is 1.00 bits per heavy atom. The Hall–Kier alpha value is -2.09. The lowest BCUT2D eigenvalue weighted by Gasteiger charge is -2.09. The predicted molar refractivity (Wildman–Crippen MR) is 79.6 cm³/mol. The number of aryl methyl sites for hydroxylation is 1. The molecule has 1 aliphatic carbocycles. The van der Waals surface area contributed by atoms with Crippen LogP contribution in [-0.4, -0.2) is 13.1 Å². The van der Waals surface area contributed by atoms with Crippen LogP contribution in [0.2, 0.25) is 0 Å². The normalized spacial score (nSPS) is 11.8. The second-order valence-electron chi connectivity index (χ2n) is 5.21. The summed E-state index contributed by atoms with van der Waals surface area (Å²) in [5, 5.41) is 0. The highest BCUT2D eigenvalue weighted by atomic mass is 16.5. The van der Waals surface area contributed by atoms with E-state index in [1.807, 2.05) is 0 Å². The molecule has 0 spiro atoms. The van der Waals surface area contributed by atoms with E-state index in [-0.39, 0.29) is 0 Å². The Bertz CT molecular complexity index is 617. The summed E-state index contributed by atoms with van der Waals surface area (Å²) in [5.41, 5.74) is 7.10. The first-order valence-electron chi connectivity index (χ1n) is 7.14.